The van der Waals surface area contributed by atoms with E-state index in [-0.39, 0.29) is 0 Å². The Hall–Kier alpha value is -1.35. The lowest BCUT2D eigenvalue weighted by atomic mass is 10.1. The number of aryl methyl sites for hydroxylation is 1. The predicted molar refractivity (Wildman–Crippen MR) is 68.2 cm³/mol. The summed E-state index contributed by atoms with van der Waals surface area (Å²) >= 11 is 5.82. The summed E-state index contributed by atoms with van der Waals surface area (Å²) in [5.41, 5.74) is 5.05. The number of hydrogen-bond acceptors (Lipinski definition) is 2. The lowest BCUT2D eigenvalue weighted by Crippen LogP contribution is -2.05. The summed E-state index contributed by atoms with van der Waals surface area (Å²) in [6.07, 6.45) is 7.13. The molecule has 0 saturated carbocycles. The zero-order valence-corrected chi connectivity index (χ0v) is 10.3. The van der Waals surface area contributed by atoms with Crippen LogP contribution in [0.25, 0.3) is 11.3 Å². The molecular formula is C13H14ClN3. The molecule has 0 amide bonds. The molecule has 3 nitrogen and oxygen atoms in total. The Morgan fingerprint density at radius 1 is 1.24 bits per heavy atom. The quantitative estimate of drug-likeness (QED) is 0.781. The van der Waals surface area contributed by atoms with Crippen molar-refractivity contribution in [1.29, 1.82) is 0 Å². The van der Waals surface area contributed by atoms with Gasteiger partial charge in [-0.05, 0) is 31.4 Å². The molecular weight excluding hydrogens is 234 g/mol. The van der Waals surface area contributed by atoms with Crippen molar-refractivity contribution >= 4 is 11.6 Å². The van der Waals surface area contributed by atoms with Gasteiger partial charge in [0.1, 0.15) is 0 Å². The van der Waals surface area contributed by atoms with E-state index in [1.54, 1.807) is 0 Å². The van der Waals surface area contributed by atoms with E-state index in [4.69, 9.17) is 16.7 Å². The molecule has 1 aliphatic rings. The van der Waals surface area contributed by atoms with Crippen LogP contribution in [0, 0.1) is 0 Å². The number of aromatic nitrogens is 3. The summed E-state index contributed by atoms with van der Waals surface area (Å²) in [5.74, 6) is 0.615. The molecule has 4 heteroatoms. The fraction of sp³-hybridized carbons (Fsp3) is 0.385. The maximum absolute atomic E-state index is 5.82. The van der Waals surface area contributed by atoms with E-state index in [0.29, 0.717) is 5.88 Å². The van der Waals surface area contributed by atoms with Gasteiger partial charge in [-0.2, -0.15) is 5.10 Å². The van der Waals surface area contributed by atoms with Gasteiger partial charge in [-0.3, -0.25) is 9.67 Å². The number of pyridine rings is 1. The Balaban J connectivity index is 2.09. The first-order valence-electron chi connectivity index (χ1n) is 5.95. The number of fused-ring (bicyclic) bond motifs is 1. The largest absolute Gasteiger partial charge is 0.267 e. The molecule has 1 aliphatic carbocycles. The van der Waals surface area contributed by atoms with Crippen LogP contribution in [0.15, 0.2) is 24.5 Å². The molecule has 0 spiro atoms. The highest BCUT2D eigenvalue weighted by molar-refractivity contribution is 6.17. The highest BCUT2D eigenvalue weighted by Gasteiger charge is 2.22. The van der Waals surface area contributed by atoms with E-state index < -0.39 is 0 Å². The maximum atomic E-state index is 5.82. The monoisotopic (exact) mass is 247 g/mol. The van der Waals surface area contributed by atoms with Gasteiger partial charge < -0.3 is 0 Å². The van der Waals surface area contributed by atoms with Crippen LogP contribution in [0.3, 0.4) is 0 Å². The molecule has 0 aromatic carbocycles. The molecule has 0 N–H and O–H groups in total. The molecule has 88 valence electrons. The van der Waals surface area contributed by atoms with Crippen LogP contribution >= 0.6 is 11.6 Å². The molecule has 0 bridgehead atoms. The minimum absolute atomic E-state index is 0.615. The number of alkyl halides is 1. The van der Waals surface area contributed by atoms with Gasteiger partial charge >= 0.3 is 0 Å². The lowest BCUT2D eigenvalue weighted by molar-refractivity contribution is 0.627. The molecule has 2 heterocycles. The Bertz CT molecular complexity index is 519. The average Bonchev–Trinajstić information content (AvgIpc) is 2.94. The van der Waals surface area contributed by atoms with Crippen LogP contribution in [0.4, 0.5) is 0 Å². The van der Waals surface area contributed by atoms with Gasteiger partial charge in [-0.1, -0.05) is 0 Å². The summed E-state index contributed by atoms with van der Waals surface area (Å²) < 4.78 is 2.07. The van der Waals surface area contributed by atoms with Crippen molar-refractivity contribution in [2.45, 2.75) is 25.8 Å². The van der Waals surface area contributed by atoms with E-state index >= 15 is 0 Å². The van der Waals surface area contributed by atoms with Crippen molar-refractivity contribution < 1.29 is 0 Å². The van der Waals surface area contributed by atoms with Gasteiger partial charge in [0.15, 0.2) is 0 Å². The van der Waals surface area contributed by atoms with Crippen molar-refractivity contribution in [2.24, 2.45) is 0 Å². The van der Waals surface area contributed by atoms with E-state index in [2.05, 4.69) is 9.67 Å². The standard InChI is InChI=1S/C13H14ClN3/c14-6-9-17-12-3-1-2-11(12)13(16-17)10-4-7-15-8-5-10/h4-5,7-8H,1-3,6,9H2. The summed E-state index contributed by atoms with van der Waals surface area (Å²) in [7, 11) is 0. The number of nitrogens with zero attached hydrogens (tertiary/aromatic N) is 3. The second-order valence-corrected chi connectivity index (χ2v) is 4.65. The minimum Gasteiger partial charge on any atom is -0.267 e. The highest BCUT2D eigenvalue weighted by Crippen LogP contribution is 2.31. The van der Waals surface area contributed by atoms with Crippen molar-refractivity contribution in [3.05, 3.63) is 35.8 Å². The predicted octanol–water partition coefficient (Wildman–Crippen LogP) is 2.67. The second-order valence-electron chi connectivity index (χ2n) is 4.28. The molecule has 0 fully saturated rings. The van der Waals surface area contributed by atoms with Crippen molar-refractivity contribution in [2.75, 3.05) is 5.88 Å². The molecule has 0 saturated heterocycles. The topological polar surface area (TPSA) is 30.7 Å². The van der Waals surface area contributed by atoms with Gasteiger partial charge in [-0.15, -0.1) is 11.6 Å². The van der Waals surface area contributed by atoms with Gasteiger partial charge in [0, 0.05) is 35.1 Å². The van der Waals surface area contributed by atoms with Gasteiger partial charge in [-0.25, -0.2) is 0 Å². The Morgan fingerprint density at radius 3 is 2.82 bits per heavy atom. The van der Waals surface area contributed by atoms with Crippen LogP contribution in [0.2, 0.25) is 0 Å². The Morgan fingerprint density at radius 2 is 2.06 bits per heavy atom. The van der Waals surface area contributed by atoms with Crippen LogP contribution in [0.5, 0.6) is 0 Å². The van der Waals surface area contributed by atoms with Gasteiger partial charge in [0.2, 0.25) is 0 Å². The molecule has 17 heavy (non-hydrogen) atoms. The molecule has 0 unspecified atom stereocenters. The maximum Gasteiger partial charge on any atom is 0.0959 e. The van der Waals surface area contributed by atoms with Crippen molar-refractivity contribution in [1.82, 2.24) is 14.8 Å². The summed E-state index contributed by atoms with van der Waals surface area (Å²) in [6, 6.07) is 4.04. The zero-order chi connectivity index (χ0) is 11.7. The first-order chi connectivity index (χ1) is 8.40. The minimum atomic E-state index is 0.615. The molecule has 2 aromatic rings. The molecule has 3 rings (SSSR count). The van der Waals surface area contributed by atoms with Crippen LogP contribution in [-0.4, -0.2) is 20.6 Å². The second kappa shape index (κ2) is 4.49. The lowest BCUT2D eigenvalue weighted by Gasteiger charge is -2.01. The average molecular weight is 248 g/mol. The summed E-state index contributed by atoms with van der Waals surface area (Å²) in [5, 5.41) is 4.70. The third kappa shape index (κ3) is 1.84. The van der Waals surface area contributed by atoms with Crippen LogP contribution in [0.1, 0.15) is 17.7 Å². The molecule has 0 atom stereocenters. The number of rotatable bonds is 3. The third-order valence-electron chi connectivity index (χ3n) is 3.26. The zero-order valence-electron chi connectivity index (χ0n) is 9.56. The number of halogens is 1. The molecule has 0 radical (unpaired) electrons. The van der Waals surface area contributed by atoms with Gasteiger partial charge in [0.25, 0.3) is 0 Å². The first kappa shape index (κ1) is 10.8. The SMILES string of the molecule is ClCCn1nc(-c2ccncc2)c2c1CCC2. The highest BCUT2D eigenvalue weighted by atomic mass is 35.5. The Labute approximate surface area is 105 Å². The van der Waals surface area contributed by atoms with Crippen molar-refractivity contribution in [3.8, 4) is 11.3 Å². The third-order valence-corrected chi connectivity index (χ3v) is 3.43. The first-order valence-corrected chi connectivity index (χ1v) is 6.48. The normalized spacial score (nSPS) is 13.9. The van der Waals surface area contributed by atoms with E-state index in [0.717, 1.165) is 30.6 Å². The van der Waals surface area contributed by atoms with E-state index in [9.17, 15) is 0 Å². The summed E-state index contributed by atoms with van der Waals surface area (Å²) in [4.78, 5) is 4.05. The number of hydrogen-bond donors (Lipinski definition) is 0. The van der Waals surface area contributed by atoms with Crippen LogP contribution < -0.4 is 0 Å². The Kier molecular flexibility index (Phi) is 2.85. The van der Waals surface area contributed by atoms with Crippen molar-refractivity contribution in [3.63, 3.8) is 0 Å². The van der Waals surface area contributed by atoms with E-state index in [1.807, 2.05) is 24.5 Å². The summed E-state index contributed by atoms with van der Waals surface area (Å²) in [6.45, 7) is 0.801. The molecule has 2 aromatic heterocycles. The van der Waals surface area contributed by atoms with E-state index in [1.165, 1.54) is 17.7 Å². The fourth-order valence-electron chi connectivity index (χ4n) is 2.52. The van der Waals surface area contributed by atoms with Gasteiger partial charge in [0.05, 0.1) is 12.2 Å². The molecule has 0 aliphatic heterocycles. The smallest absolute Gasteiger partial charge is 0.0959 e. The van der Waals surface area contributed by atoms with Crippen LogP contribution in [-0.2, 0) is 19.4 Å². The fourth-order valence-corrected chi connectivity index (χ4v) is 2.68.